The molecule has 2 nitrogen and oxygen atoms in total. The largest absolute Gasteiger partial charge is 0.356 e. The number of carbonyl (C=O) groups is 1. The predicted molar refractivity (Wildman–Crippen MR) is 72.7 cm³/mol. The Morgan fingerprint density at radius 1 is 1.24 bits per heavy atom. The summed E-state index contributed by atoms with van der Waals surface area (Å²) in [5.74, 6) is 0.772. The third kappa shape index (κ3) is 2.99. The zero-order chi connectivity index (χ0) is 13.2. The fourth-order valence-electron chi connectivity index (χ4n) is 2.38. The molecule has 0 aromatic carbocycles. The van der Waals surface area contributed by atoms with Crippen LogP contribution in [0.15, 0.2) is 22.3 Å². The Hall–Kier alpha value is -1.05. The van der Waals surface area contributed by atoms with E-state index in [0.717, 1.165) is 13.0 Å². The Labute approximate surface area is 105 Å². The van der Waals surface area contributed by atoms with Crippen LogP contribution in [0.2, 0.25) is 0 Å². The topological polar surface area (TPSA) is 29.1 Å². The van der Waals surface area contributed by atoms with Gasteiger partial charge in [-0.05, 0) is 44.3 Å². The minimum Gasteiger partial charge on any atom is -0.356 e. The van der Waals surface area contributed by atoms with Crippen LogP contribution >= 0.6 is 0 Å². The average Bonchev–Trinajstić information content (AvgIpc) is 2.46. The summed E-state index contributed by atoms with van der Waals surface area (Å²) in [5, 5.41) is 2.99. The molecule has 1 amide bonds. The molecule has 0 heterocycles. The first-order chi connectivity index (χ1) is 7.86. The highest BCUT2D eigenvalue weighted by atomic mass is 16.1. The van der Waals surface area contributed by atoms with Gasteiger partial charge in [0.2, 0.25) is 5.91 Å². The summed E-state index contributed by atoms with van der Waals surface area (Å²) in [7, 11) is 0. The Morgan fingerprint density at radius 3 is 2.24 bits per heavy atom. The SMILES string of the molecule is CC1=C(C)C(C)C(CCNC(=O)C(C)C)=C1C. The first-order valence-electron chi connectivity index (χ1n) is 6.51. The molecule has 0 saturated carbocycles. The highest BCUT2D eigenvalue weighted by molar-refractivity contribution is 5.77. The lowest BCUT2D eigenvalue weighted by molar-refractivity contribution is -0.123. The number of hydrogen-bond donors (Lipinski definition) is 1. The molecule has 0 radical (unpaired) electrons. The molecular weight excluding hydrogens is 210 g/mol. The van der Waals surface area contributed by atoms with Crippen molar-refractivity contribution >= 4 is 5.91 Å². The van der Waals surface area contributed by atoms with E-state index in [2.05, 4.69) is 33.0 Å². The van der Waals surface area contributed by atoms with Gasteiger partial charge in [-0.15, -0.1) is 0 Å². The second-order valence-corrected chi connectivity index (χ2v) is 5.38. The van der Waals surface area contributed by atoms with Crippen molar-refractivity contribution in [2.75, 3.05) is 6.54 Å². The van der Waals surface area contributed by atoms with Crippen molar-refractivity contribution in [2.24, 2.45) is 11.8 Å². The molecule has 1 unspecified atom stereocenters. The molecule has 0 spiro atoms. The maximum absolute atomic E-state index is 11.5. The molecule has 0 aliphatic heterocycles. The van der Waals surface area contributed by atoms with E-state index in [0.29, 0.717) is 5.92 Å². The molecule has 0 aromatic heterocycles. The van der Waals surface area contributed by atoms with Gasteiger partial charge >= 0.3 is 0 Å². The van der Waals surface area contributed by atoms with Crippen LogP contribution in [-0.4, -0.2) is 12.5 Å². The van der Waals surface area contributed by atoms with Crippen LogP contribution in [0.3, 0.4) is 0 Å². The van der Waals surface area contributed by atoms with E-state index in [1.807, 2.05) is 13.8 Å². The summed E-state index contributed by atoms with van der Waals surface area (Å²) in [6.45, 7) is 13.5. The number of allylic oxidation sites excluding steroid dienone is 3. The van der Waals surface area contributed by atoms with Gasteiger partial charge in [-0.1, -0.05) is 31.9 Å². The molecule has 96 valence electrons. The van der Waals surface area contributed by atoms with Crippen molar-refractivity contribution in [2.45, 2.75) is 48.0 Å². The quantitative estimate of drug-likeness (QED) is 0.794. The van der Waals surface area contributed by atoms with Gasteiger partial charge in [0.15, 0.2) is 0 Å². The maximum Gasteiger partial charge on any atom is 0.222 e. The monoisotopic (exact) mass is 235 g/mol. The Morgan fingerprint density at radius 2 is 1.82 bits per heavy atom. The van der Waals surface area contributed by atoms with Gasteiger partial charge in [-0.25, -0.2) is 0 Å². The second kappa shape index (κ2) is 5.52. The minimum atomic E-state index is 0.0766. The Balaban J connectivity index is 2.53. The van der Waals surface area contributed by atoms with Crippen LogP contribution in [0.1, 0.15) is 48.0 Å². The van der Waals surface area contributed by atoms with E-state index < -0.39 is 0 Å². The predicted octanol–water partition coefficient (Wildman–Crippen LogP) is 3.45. The van der Waals surface area contributed by atoms with Crippen LogP contribution < -0.4 is 5.32 Å². The normalized spacial score (nSPS) is 20.5. The molecule has 1 rings (SSSR count). The molecular formula is C15H25NO. The van der Waals surface area contributed by atoms with Gasteiger partial charge in [0.25, 0.3) is 0 Å². The maximum atomic E-state index is 11.5. The average molecular weight is 235 g/mol. The van der Waals surface area contributed by atoms with Gasteiger partial charge in [0, 0.05) is 12.5 Å². The number of nitrogens with one attached hydrogen (secondary N) is 1. The second-order valence-electron chi connectivity index (χ2n) is 5.38. The van der Waals surface area contributed by atoms with Crippen LogP contribution in [0, 0.1) is 11.8 Å². The Kier molecular flexibility index (Phi) is 4.55. The zero-order valence-electron chi connectivity index (χ0n) is 12.0. The third-order valence-electron chi connectivity index (χ3n) is 4.03. The van der Waals surface area contributed by atoms with E-state index in [4.69, 9.17) is 0 Å². The molecule has 1 atom stereocenters. The molecule has 0 aromatic rings. The molecule has 1 aliphatic rings. The summed E-state index contributed by atoms with van der Waals surface area (Å²) in [4.78, 5) is 11.5. The van der Waals surface area contributed by atoms with Crippen molar-refractivity contribution < 1.29 is 4.79 Å². The third-order valence-corrected chi connectivity index (χ3v) is 4.03. The number of rotatable bonds is 4. The minimum absolute atomic E-state index is 0.0766. The lowest BCUT2D eigenvalue weighted by Gasteiger charge is -2.14. The van der Waals surface area contributed by atoms with E-state index in [1.54, 1.807) is 0 Å². The molecule has 2 heteroatoms. The molecule has 1 N–H and O–H groups in total. The lowest BCUT2D eigenvalue weighted by atomic mass is 9.95. The van der Waals surface area contributed by atoms with Crippen LogP contribution in [0.5, 0.6) is 0 Å². The van der Waals surface area contributed by atoms with Crippen molar-refractivity contribution in [1.29, 1.82) is 0 Å². The molecule has 17 heavy (non-hydrogen) atoms. The Bertz CT molecular complexity index is 374. The summed E-state index contributed by atoms with van der Waals surface area (Å²) < 4.78 is 0. The van der Waals surface area contributed by atoms with Crippen LogP contribution in [0.25, 0.3) is 0 Å². The standard InChI is InChI=1S/C15H25NO/c1-9(2)15(17)16-8-7-14-12(5)10(3)11(4)13(14)6/h9,12H,7-8H2,1-6H3,(H,16,17). The summed E-state index contributed by atoms with van der Waals surface area (Å²) >= 11 is 0. The van der Waals surface area contributed by atoms with Crippen molar-refractivity contribution in [3.8, 4) is 0 Å². The van der Waals surface area contributed by atoms with Gasteiger partial charge in [-0.3, -0.25) is 4.79 Å². The first-order valence-corrected chi connectivity index (χ1v) is 6.51. The van der Waals surface area contributed by atoms with E-state index in [1.165, 1.54) is 22.3 Å². The fraction of sp³-hybridized carbons (Fsp3) is 0.667. The van der Waals surface area contributed by atoms with Gasteiger partial charge < -0.3 is 5.32 Å². The summed E-state index contributed by atoms with van der Waals surface area (Å²) in [6, 6.07) is 0. The smallest absolute Gasteiger partial charge is 0.222 e. The molecule has 0 bridgehead atoms. The highest BCUT2D eigenvalue weighted by Gasteiger charge is 2.22. The van der Waals surface area contributed by atoms with Crippen molar-refractivity contribution in [3.63, 3.8) is 0 Å². The van der Waals surface area contributed by atoms with E-state index >= 15 is 0 Å². The molecule has 0 fully saturated rings. The van der Waals surface area contributed by atoms with Crippen LogP contribution in [0.4, 0.5) is 0 Å². The highest BCUT2D eigenvalue weighted by Crippen LogP contribution is 2.37. The molecule has 0 saturated heterocycles. The van der Waals surface area contributed by atoms with Gasteiger partial charge in [0.1, 0.15) is 0 Å². The number of carbonyl (C=O) groups excluding carboxylic acids is 1. The lowest BCUT2D eigenvalue weighted by Crippen LogP contribution is -2.29. The summed E-state index contributed by atoms with van der Waals surface area (Å²) in [5.41, 5.74) is 5.83. The fourth-order valence-corrected chi connectivity index (χ4v) is 2.38. The zero-order valence-corrected chi connectivity index (χ0v) is 12.0. The van der Waals surface area contributed by atoms with E-state index in [9.17, 15) is 4.79 Å². The van der Waals surface area contributed by atoms with Gasteiger partial charge in [0.05, 0.1) is 0 Å². The van der Waals surface area contributed by atoms with Crippen LogP contribution in [-0.2, 0) is 4.79 Å². The van der Waals surface area contributed by atoms with Crippen molar-refractivity contribution in [1.82, 2.24) is 5.32 Å². The number of amides is 1. The van der Waals surface area contributed by atoms with Crippen molar-refractivity contribution in [3.05, 3.63) is 22.3 Å². The summed E-state index contributed by atoms with van der Waals surface area (Å²) in [6.07, 6.45) is 0.972. The molecule has 1 aliphatic carbocycles. The van der Waals surface area contributed by atoms with E-state index in [-0.39, 0.29) is 11.8 Å². The van der Waals surface area contributed by atoms with Gasteiger partial charge in [-0.2, -0.15) is 0 Å². The first kappa shape index (κ1) is 14.0. The number of hydrogen-bond acceptors (Lipinski definition) is 1.